The van der Waals surface area contributed by atoms with Crippen LogP contribution in [0.25, 0.3) is 33.4 Å². The van der Waals surface area contributed by atoms with Crippen LogP contribution < -0.4 is 10.1 Å². The van der Waals surface area contributed by atoms with Crippen LogP contribution >= 0.6 is 0 Å². The summed E-state index contributed by atoms with van der Waals surface area (Å²) in [4.78, 5) is 25.6. The van der Waals surface area contributed by atoms with Crippen molar-refractivity contribution in [3.05, 3.63) is 114 Å². The van der Waals surface area contributed by atoms with Crippen molar-refractivity contribution in [2.75, 3.05) is 13.2 Å². The molecule has 0 saturated heterocycles. The van der Waals surface area contributed by atoms with E-state index in [-0.39, 0.29) is 30.5 Å². The number of fused-ring (bicyclic) bond motifs is 1. The number of carbonyl (C=O) groups excluding carboxylic acids is 2. The van der Waals surface area contributed by atoms with Gasteiger partial charge in [-0.3, -0.25) is 9.59 Å². The monoisotopic (exact) mass is 535 g/mol. The molecule has 1 fully saturated rings. The summed E-state index contributed by atoms with van der Waals surface area (Å²) in [5, 5.41) is 13.1. The van der Waals surface area contributed by atoms with Gasteiger partial charge in [0.25, 0.3) is 5.91 Å². The number of benzene rings is 4. The summed E-state index contributed by atoms with van der Waals surface area (Å²) in [6, 6.07) is 26.2. The summed E-state index contributed by atoms with van der Waals surface area (Å²) in [6.45, 7) is -0.0870. The van der Waals surface area contributed by atoms with E-state index in [0.717, 1.165) is 24.7 Å². The molecule has 0 atom stereocenters. The zero-order chi connectivity index (χ0) is 27.7. The number of aliphatic hydroxyl groups is 1. The number of aldehydes is 1. The molecule has 0 radical (unpaired) electrons. The number of rotatable bonds is 9. The molecule has 7 heteroatoms. The number of ether oxygens (including phenoxy) is 1. The molecule has 1 aliphatic carbocycles. The third-order valence-corrected chi connectivity index (χ3v) is 7.28. The first-order chi connectivity index (χ1) is 19.5. The summed E-state index contributed by atoms with van der Waals surface area (Å²) in [5.41, 5.74) is 3.93. The summed E-state index contributed by atoms with van der Waals surface area (Å²) < 4.78 is 25.3. The molecule has 1 aliphatic rings. The van der Waals surface area contributed by atoms with E-state index in [9.17, 15) is 19.1 Å². The van der Waals surface area contributed by atoms with Gasteiger partial charge in [0.05, 0.1) is 17.7 Å². The number of furan rings is 1. The zero-order valence-electron chi connectivity index (χ0n) is 21.5. The molecule has 2 N–H and O–H groups in total. The number of aliphatic hydroxyl groups excluding tert-OH is 1. The fourth-order valence-corrected chi connectivity index (χ4v) is 5.05. The first kappa shape index (κ1) is 25.5. The van der Waals surface area contributed by atoms with Crippen LogP contribution in [0, 0.1) is 5.82 Å². The topological polar surface area (TPSA) is 88.8 Å². The van der Waals surface area contributed by atoms with E-state index in [1.54, 1.807) is 36.4 Å². The number of amides is 1. The van der Waals surface area contributed by atoms with Gasteiger partial charge < -0.3 is 19.6 Å². The Kier molecular flexibility index (Phi) is 6.66. The third kappa shape index (κ3) is 4.76. The molecule has 40 heavy (non-hydrogen) atoms. The maximum absolute atomic E-state index is 13.5. The summed E-state index contributed by atoms with van der Waals surface area (Å²) in [7, 11) is 0. The minimum atomic E-state index is -0.384. The lowest BCUT2D eigenvalue weighted by molar-refractivity contribution is 0.0930. The lowest BCUT2D eigenvalue weighted by atomic mass is 9.98. The molecule has 5 aromatic rings. The summed E-state index contributed by atoms with van der Waals surface area (Å²) in [5.74, 6) is 0.255. The first-order valence-electron chi connectivity index (χ1n) is 13.0. The van der Waals surface area contributed by atoms with Crippen LogP contribution in [-0.4, -0.2) is 30.5 Å². The highest BCUT2D eigenvalue weighted by Gasteiger charge is 2.45. The number of nitrogens with one attached hydrogen (secondary N) is 1. The van der Waals surface area contributed by atoms with E-state index in [0.29, 0.717) is 50.3 Å². The quantitative estimate of drug-likeness (QED) is 0.210. The zero-order valence-corrected chi connectivity index (χ0v) is 21.5. The maximum Gasteiger partial charge on any atom is 0.251 e. The van der Waals surface area contributed by atoms with Gasteiger partial charge in [0, 0.05) is 22.1 Å². The predicted octanol–water partition coefficient (Wildman–Crippen LogP) is 6.51. The van der Waals surface area contributed by atoms with Crippen molar-refractivity contribution in [1.82, 2.24) is 5.32 Å². The van der Waals surface area contributed by atoms with Crippen molar-refractivity contribution in [1.29, 1.82) is 0 Å². The number of hydrogen-bond acceptors (Lipinski definition) is 5. The van der Waals surface area contributed by atoms with Gasteiger partial charge in [-0.2, -0.15) is 0 Å². The van der Waals surface area contributed by atoms with Gasteiger partial charge >= 0.3 is 0 Å². The second-order valence-corrected chi connectivity index (χ2v) is 9.87. The van der Waals surface area contributed by atoms with Crippen molar-refractivity contribution in [3.8, 4) is 28.2 Å². The molecular weight excluding hydrogens is 509 g/mol. The largest absolute Gasteiger partial charge is 0.491 e. The van der Waals surface area contributed by atoms with Crippen LogP contribution in [-0.2, 0) is 5.54 Å². The van der Waals surface area contributed by atoms with Gasteiger partial charge in [0.15, 0.2) is 6.29 Å². The van der Waals surface area contributed by atoms with Crippen LogP contribution in [0.15, 0.2) is 95.4 Å². The van der Waals surface area contributed by atoms with Crippen LogP contribution in [0.2, 0.25) is 0 Å². The molecule has 1 heterocycles. The number of halogens is 1. The van der Waals surface area contributed by atoms with E-state index >= 15 is 0 Å². The second-order valence-electron chi connectivity index (χ2n) is 9.87. The Bertz CT molecular complexity index is 1700. The summed E-state index contributed by atoms with van der Waals surface area (Å²) >= 11 is 0. The van der Waals surface area contributed by atoms with E-state index < -0.39 is 0 Å². The minimum absolute atomic E-state index is 0.0813. The second kappa shape index (κ2) is 10.4. The van der Waals surface area contributed by atoms with Crippen LogP contribution in [0.1, 0.15) is 39.1 Å². The van der Waals surface area contributed by atoms with Gasteiger partial charge in [-0.1, -0.05) is 36.4 Å². The fourth-order valence-electron chi connectivity index (χ4n) is 5.05. The average molecular weight is 536 g/mol. The van der Waals surface area contributed by atoms with Gasteiger partial charge in [0.1, 0.15) is 29.5 Å². The maximum atomic E-state index is 13.5. The van der Waals surface area contributed by atoms with Gasteiger partial charge in [0.2, 0.25) is 0 Å². The average Bonchev–Trinajstić information content (AvgIpc) is 3.68. The first-order valence-corrected chi connectivity index (χ1v) is 13.0. The van der Waals surface area contributed by atoms with E-state index in [4.69, 9.17) is 9.15 Å². The SMILES string of the molecule is O=Cc1c(-c2ccc(F)cc2)oc2ccc(-c3cc(C(=O)NC4(c5ccccc5)CC4)ccc3OCCO)cc12. The van der Waals surface area contributed by atoms with E-state index in [1.807, 2.05) is 42.5 Å². The summed E-state index contributed by atoms with van der Waals surface area (Å²) in [6.07, 6.45) is 2.46. The highest BCUT2D eigenvalue weighted by atomic mass is 19.1. The van der Waals surface area contributed by atoms with Crippen LogP contribution in [0.4, 0.5) is 4.39 Å². The lowest BCUT2D eigenvalue weighted by Crippen LogP contribution is -2.34. The van der Waals surface area contributed by atoms with Gasteiger partial charge in [-0.25, -0.2) is 4.39 Å². The molecule has 1 saturated carbocycles. The Morgan fingerprint density at radius 1 is 0.975 bits per heavy atom. The Morgan fingerprint density at radius 2 is 1.73 bits per heavy atom. The van der Waals surface area contributed by atoms with Gasteiger partial charge in [-0.05, 0) is 78.6 Å². The molecule has 0 spiro atoms. The predicted molar refractivity (Wildman–Crippen MR) is 150 cm³/mol. The van der Waals surface area contributed by atoms with Gasteiger partial charge in [-0.15, -0.1) is 0 Å². The highest BCUT2D eigenvalue weighted by Crippen LogP contribution is 2.46. The molecule has 6 nitrogen and oxygen atoms in total. The molecule has 6 rings (SSSR count). The lowest BCUT2D eigenvalue weighted by Gasteiger charge is -2.19. The van der Waals surface area contributed by atoms with Crippen molar-refractivity contribution in [3.63, 3.8) is 0 Å². The van der Waals surface area contributed by atoms with Crippen molar-refractivity contribution >= 4 is 23.2 Å². The highest BCUT2D eigenvalue weighted by molar-refractivity contribution is 6.04. The molecule has 1 amide bonds. The smallest absolute Gasteiger partial charge is 0.251 e. The molecule has 0 unspecified atom stereocenters. The number of carbonyl (C=O) groups is 2. The molecule has 1 aromatic heterocycles. The number of hydrogen-bond donors (Lipinski definition) is 2. The molecular formula is C33H26FNO5. The van der Waals surface area contributed by atoms with Crippen molar-refractivity contribution in [2.45, 2.75) is 18.4 Å². The van der Waals surface area contributed by atoms with E-state index in [1.165, 1.54) is 12.1 Å². The van der Waals surface area contributed by atoms with Crippen molar-refractivity contribution in [2.24, 2.45) is 0 Å². The molecule has 4 aromatic carbocycles. The minimum Gasteiger partial charge on any atom is -0.491 e. The van der Waals surface area contributed by atoms with Crippen LogP contribution in [0.5, 0.6) is 5.75 Å². The standard InChI is InChI=1S/C33H26FNO5/c34-25-10-6-21(7-11-25)31-28(20-37)27-18-22(8-13-30(27)40-31)26-19-23(9-12-29(26)39-17-16-36)32(38)35-33(14-15-33)24-4-2-1-3-5-24/h1-13,18-20,36H,14-17H2,(H,35,38). The Balaban J connectivity index is 1.39. The normalized spacial score (nSPS) is 13.7. The van der Waals surface area contributed by atoms with Crippen molar-refractivity contribution < 1.29 is 28.2 Å². The molecule has 200 valence electrons. The Morgan fingerprint density at radius 3 is 2.42 bits per heavy atom. The fraction of sp³-hybridized carbons (Fsp3) is 0.152. The Hall–Kier alpha value is -4.75. The van der Waals surface area contributed by atoms with Crippen LogP contribution in [0.3, 0.4) is 0 Å². The third-order valence-electron chi connectivity index (χ3n) is 7.28. The Labute approximate surface area is 230 Å². The molecule has 0 aliphatic heterocycles. The van der Waals surface area contributed by atoms with E-state index in [2.05, 4.69) is 5.32 Å². The molecule has 0 bridgehead atoms.